The van der Waals surface area contributed by atoms with E-state index in [0.29, 0.717) is 23.5 Å². The van der Waals surface area contributed by atoms with E-state index in [4.69, 9.17) is 16.2 Å². The molecule has 0 bridgehead atoms. The van der Waals surface area contributed by atoms with E-state index in [2.05, 4.69) is 0 Å². The summed E-state index contributed by atoms with van der Waals surface area (Å²) in [4.78, 5) is 22.8. The van der Waals surface area contributed by atoms with Gasteiger partial charge < -0.3 is 16.2 Å². The number of nitrogens with two attached hydrogens (primary N) is 2. The molecule has 0 amide bonds. The Kier molecular flexibility index (Phi) is 4.51. The second-order valence-corrected chi connectivity index (χ2v) is 3.57. The maximum absolute atomic E-state index is 11.7. The van der Waals surface area contributed by atoms with Gasteiger partial charge in [0.05, 0.1) is 24.4 Å². The minimum atomic E-state index is -0.371. The zero-order valence-corrected chi connectivity index (χ0v) is 9.73. The van der Waals surface area contributed by atoms with E-state index in [0.717, 1.165) is 0 Å². The molecule has 1 aromatic rings. The average Bonchev–Trinajstić information content (AvgIpc) is 2.30. The molecule has 0 aliphatic heterocycles. The van der Waals surface area contributed by atoms with Crippen LogP contribution in [-0.2, 0) is 9.53 Å². The summed E-state index contributed by atoms with van der Waals surface area (Å²) in [6.07, 6.45) is 0.194. The van der Waals surface area contributed by atoms with E-state index < -0.39 is 0 Å². The van der Waals surface area contributed by atoms with Gasteiger partial charge in [0.1, 0.15) is 0 Å². The van der Waals surface area contributed by atoms with E-state index in [1.54, 1.807) is 19.1 Å². The molecule has 5 heteroatoms. The molecule has 0 aromatic heterocycles. The summed E-state index contributed by atoms with van der Waals surface area (Å²) in [6, 6.07) is 4.69. The molecule has 92 valence electrons. The molecule has 0 saturated carbocycles. The van der Waals surface area contributed by atoms with Gasteiger partial charge in [0.2, 0.25) is 0 Å². The predicted octanol–water partition coefficient (Wildman–Crippen LogP) is 1.38. The third-order valence-corrected chi connectivity index (χ3v) is 2.27. The van der Waals surface area contributed by atoms with Gasteiger partial charge in [-0.05, 0) is 25.1 Å². The number of esters is 1. The summed E-state index contributed by atoms with van der Waals surface area (Å²) < 4.78 is 4.74. The fourth-order valence-electron chi connectivity index (χ4n) is 1.34. The molecular formula is C12H16N2O3. The van der Waals surface area contributed by atoms with E-state index in [1.807, 2.05) is 0 Å². The van der Waals surface area contributed by atoms with Gasteiger partial charge >= 0.3 is 5.97 Å². The number of carbonyl (C=O) groups is 2. The number of carbonyl (C=O) groups excluding carboxylic acids is 2. The van der Waals surface area contributed by atoms with E-state index in [1.165, 1.54) is 6.07 Å². The Balaban J connectivity index is 2.58. The van der Waals surface area contributed by atoms with Crippen LogP contribution in [0.5, 0.6) is 0 Å². The van der Waals surface area contributed by atoms with Gasteiger partial charge in [-0.25, -0.2) is 0 Å². The van der Waals surface area contributed by atoms with Gasteiger partial charge in [-0.1, -0.05) is 0 Å². The molecule has 0 fully saturated rings. The Morgan fingerprint density at radius 2 is 1.88 bits per heavy atom. The van der Waals surface area contributed by atoms with E-state index in [9.17, 15) is 9.59 Å². The van der Waals surface area contributed by atoms with Crippen molar-refractivity contribution in [2.24, 2.45) is 0 Å². The summed E-state index contributed by atoms with van der Waals surface area (Å²) in [7, 11) is 0. The number of hydrogen-bond acceptors (Lipinski definition) is 5. The number of rotatable bonds is 5. The van der Waals surface area contributed by atoms with Crippen molar-refractivity contribution in [2.45, 2.75) is 19.8 Å². The maximum Gasteiger partial charge on any atom is 0.306 e. The van der Waals surface area contributed by atoms with Crippen LogP contribution in [0, 0.1) is 0 Å². The molecule has 5 nitrogen and oxygen atoms in total. The van der Waals surface area contributed by atoms with Crippen LogP contribution in [0.1, 0.15) is 30.1 Å². The molecule has 0 saturated heterocycles. The lowest BCUT2D eigenvalue weighted by Crippen LogP contribution is -2.08. The van der Waals surface area contributed by atoms with Crippen molar-refractivity contribution in [1.29, 1.82) is 0 Å². The van der Waals surface area contributed by atoms with E-state index >= 15 is 0 Å². The largest absolute Gasteiger partial charge is 0.466 e. The molecular weight excluding hydrogens is 220 g/mol. The minimum absolute atomic E-state index is 0.0803. The number of benzene rings is 1. The van der Waals surface area contributed by atoms with Gasteiger partial charge in [-0.3, -0.25) is 9.59 Å². The van der Waals surface area contributed by atoms with Crippen LogP contribution in [0.15, 0.2) is 18.2 Å². The van der Waals surface area contributed by atoms with Crippen LogP contribution in [0.25, 0.3) is 0 Å². The molecule has 0 atom stereocenters. The topological polar surface area (TPSA) is 95.4 Å². The Labute approximate surface area is 99.7 Å². The summed E-state index contributed by atoms with van der Waals surface area (Å²) in [5.74, 6) is -0.519. The van der Waals surface area contributed by atoms with Gasteiger partial charge in [0, 0.05) is 12.0 Å². The molecule has 0 radical (unpaired) electrons. The Morgan fingerprint density at radius 3 is 2.47 bits per heavy atom. The monoisotopic (exact) mass is 236 g/mol. The molecule has 0 heterocycles. The maximum atomic E-state index is 11.7. The Hall–Kier alpha value is -2.04. The smallest absolute Gasteiger partial charge is 0.306 e. The van der Waals surface area contributed by atoms with E-state index in [-0.39, 0.29) is 24.6 Å². The van der Waals surface area contributed by atoms with Crippen molar-refractivity contribution >= 4 is 23.1 Å². The molecule has 0 unspecified atom stereocenters. The van der Waals surface area contributed by atoms with Crippen molar-refractivity contribution in [3.8, 4) is 0 Å². The van der Waals surface area contributed by atoms with Crippen molar-refractivity contribution in [2.75, 3.05) is 18.1 Å². The second kappa shape index (κ2) is 5.89. The number of ether oxygens (including phenoxy) is 1. The van der Waals surface area contributed by atoms with Crippen molar-refractivity contribution in [3.63, 3.8) is 0 Å². The molecule has 4 N–H and O–H groups in total. The second-order valence-electron chi connectivity index (χ2n) is 3.57. The van der Waals surface area contributed by atoms with Gasteiger partial charge in [-0.15, -0.1) is 0 Å². The lowest BCUT2D eigenvalue weighted by Gasteiger charge is -2.04. The van der Waals surface area contributed by atoms with Crippen molar-refractivity contribution < 1.29 is 14.3 Å². The van der Waals surface area contributed by atoms with Gasteiger partial charge in [0.15, 0.2) is 5.78 Å². The van der Waals surface area contributed by atoms with Gasteiger partial charge in [0.25, 0.3) is 0 Å². The average molecular weight is 236 g/mol. The normalized spacial score (nSPS) is 9.94. The van der Waals surface area contributed by atoms with Crippen LogP contribution >= 0.6 is 0 Å². The first-order chi connectivity index (χ1) is 8.04. The van der Waals surface area contributed by atoms with Crippen LogP contribution in [0.3, 0.4) is 0 Å². The first kappa shape index (κ1) is 13.0. The highest BCUT2D eigenvalue weighted by Crippen LogP contribution is 2.17. The first-order valence-corrected chi connectivity index (χ1v) is 5.38. The minimum Gasteiger partial charge on any atom is -0.466 e. The summed E-state index contributed by atoms with van der Waals surface area (Å²) in [6.45, 7) is 2.04. The zero-order valence-electron chi connectivity index (χ0n) is 9.73. The quantitative estimate of drug-likeness (QED) is 0.457. The highest BCUT2D eigenvalue weighted by molar-refractivity contribution is 5.98. The first-order valence-electron chi connectivity index (χ1n) is 5.38. The number of anilines is 2. The fraction of sp³-hybridized carbons (Fsp3) is 0.333. The standard InChI is InChI=1S/C12H16N2O3/c1-2-17-12(16)6-5-11(15)8-3-4-9(13)10(14)7-8/h3-4,7H,2,5-6,13-14H2,1H3. The van der Waals surface area contributed by atoms with Gasteiger partial charge in [-0.2, -0.15) is 0 Å². The third-order valence-electron chi connectivity index (χ3n) is 2.27. The lowest BCUT2D eigenvalue weighted by molar-refractivity contribution is -0.143. The van der Waals surface area contributed by atoms with Crippen molar-refractivity contribution in [1.82, 2.24) is 0 Å². The Bertz CT molecular complexity index is 430. The highest BCUT2D eigenvalue weighted by atomic mass is 16.5. The molecule has 0 spiro atoms. The van der Waals surface area contributed by atoms with Crippen LogP contribution in [0.2, 0.25) is 0 Å². The Morgan fingerprint density at radius 1 is 1.18 bits per heavy atom. The highest BCUT2D eigenvalue weighted by Gasteiger charge is 2.10. The summed E-state index contributed by atoms with van der Waals surface area (Å²) in [5.41, 5.74) is 12.4. The number of Topliss-reactive ketones (excluding diaryl/α,β-unsaturated/α-hetero) is 1. The summed E-state index contributed by atoms with van der Waals surface area (Å²) >= 11 is 0. The SMILES string of the molecule is CCOC(=O)CCC(=O)c1ccc(N)c(N)c1. The third kappa shape index (κ3) is 3.79. The molecule has 0 aliphatic rings. The number of hydrogen-bond donors (Lipinski definition) is 2. The van der Waals surface area contributed by atoms with Crippen LogP contribution < -0.4 is 11.5 Å². The zero-order chi connectivity index (χ0) is 12.8. The number of ketones is 1. The molecule has 17 heavy (non-hydrogen) atoms. The van der Waals surface area contributed by atoms with Crippen molar-refractivity contribution in [3.05, 3.63) is 23.8 Å². The van der Waals surface area contributed by atoms with Crippen LogP contribution in [0.4, 0.5) is 11.4 Å². The predicted molar refractivity (Wildman–Crippen MR) is 65.5 cm³/mol. The summed E-state index contributed by atoms with van der Waals surface area (Å²) in [5, 5.41) is 0. The molecule has 1 rings (SSSR count). The molecule has 1 aromatic carbocycles. The lowest BCUT2D eigenvalue weighted by atomic mass is 10.1. The van der Waals surface area contributed by atoms with Crippen LogP contribution in [-0.4, -0.2) is 18.4 Å². The fourth-order valence-corrected chi connectivity index (χ4v) is 1.34. The number of nitrogen functional groups attached to an aromatic ring is 2. The molecule has 0 aliphatic carbocycles.